The predicted molar refractivity (Wildman–Crippen MR) is 150 cm³/mol. The van der Waals surface area contributed by atoms with Crippen LogP contribution >= 0.6 is 0 Å². The molecule has 8 nitrogen and oxygen atoms in total. The number of nitrogens with one attached hydrogen (secondary N) is 1. The Balaban J connectivity index is 1.15. The van der Waals surface area contributed by atoms with Gasteiger partial charge in [0.2, 0.25) is 0 Å². The molecule has 2 unspecified atom stereocenters. The van der Waals surface area contributed by atoms with E-state index in [1.54, 1.807) is 21.8 Å². The third-order valence-electron chi connectivity index (χ3n) is 7.04. The molecule has 1 aromatic heterocycles. The third-order valence-corrected chi connectivity index (χ3v) is 7.04. The highest BCUT2D eigenvalue weighted by Gasteiger charge is 2.32. The highest BCUT2D eigenvalue weighted by molar-refractivity contribution is 6.00. The van der Waals surface area contributed by atoms with E-state index in [9.17, 15) is 13.2 Å². The van der Waals surface area contributed by atoms with Gasteiger partial charge in [0.25, 0.3) is 0 Å². The van der Waals surface area contributed by atoms with Crippen molar-refractivity contribution in [2.45, 2.75) is 45.6 Å². The maximum absolute atomic E-state index is 13.1. The first-order valence-electron chi connectivity index (χ1n) is 14.9. The maximum Gasteiger partial charge on any atom is 0.416 e. The van der Waals surface area contributed by atoms with Crippen molar-refractivity contribution in [1.82, 2.24) is 29.8 Å². The summed E-state index contributed by atoms with van der Waals surface area (Å²) in [7, 11) is 0. The quantitative estimate of drug-likeness (QED) is 0.497. The molecule has 3 aliphatic heterocycles. The monoisotopic (exact) mass is 556 g/mol. The third kappa shape index (κ3) is 6.55. The number of hydrogen-bond donors (Lipinski definition) is 1. The van der Waals surface area contributed by atoms with Crippen molar-refractivity contribution in [1.29, 1.82) is 0 Å². The minimum absolute atomic E-state index is 0.305. The lowest BCUT2D eigenvalue weighted by atomic mass is 10.1. The van der Waals surface area contributed by atoms with E-state index in [4.69, 9.17) is 7.73 Å². The standard InChI is InChI=1S/C29H37F3N8/c1-3-10-37-21-26-28(39(22-37)11-4-2)35-27(34-26)23-19-33-40(20-23)13-6-5-12-36-14-16-38(17-15-36)25-9-7-8-24(18-25)29(30,31)32/h7-9,18-21,27,34H,3-4,10-17,22H2,1-2H3/i21D,22D. The fourth-order valence-electron chi connectivity index (χ4n) is 4.99. The zero-order valence-electron chi connectivity index (χ0n) is 25.0. The minimum atomic E-state index is -4.34. The molecule has 0 bridgehead atoms. The van der Waals surface area contributed by atoms with Gasteiger partial charge in [-0.05, 0) is 31.0 Å². The summed E-state index contributed by atoms with van der Waals surface area (Å²) in [5.74, 6) is 7.02. The predicted octanol–water partition coefficient (Wildman–Crippen LogP) is 3.96. The summed E-state index contributed by atoms with van der Waals surface area (Å²) < 4.78 is 58.3. The largest absolute Gasteiger partial charge is 0.416 e. The molecule has 4 heterocycles. The van der Waals surface area contributed by atoms with E-state index in [1.165, 1.54) is 12.1 Å². The van der Waals surface area contributed by atoms with Crippen molar-refractivity contribution >= 4 is 11.5 Å². The smallest absolute Gasteiger partial charge is 0.369 e. The van der Waals surface area contributed by atoms with Crippen molar-refractivity contribution in [2.24, 2.45) is 4.99 Å². The minimum Gasteiger partial charge on any atom is -0.369 e. The van der Waals surface area contributed by atoms with Crippen LogP contribution in [0.2, 0.25) is 0 Å². The molecule has 2 atom stereocenters. The Morgan fingerprint density at radius 3 is 2.62 bits per heavy atom. The fraction of sp³-hybridized carbons (Fsp3) is 0.517. The highest BCUT2D eigenvalue weighted by Crippen LogP contribution is 2.32. The number of rotatable bonds is 8. The second kappa shape index (κ2) is 12.3. The molecule has 0 aliphatic carbocycles. The molecule has 5 rings (SSSR count). The second-order valence-corrected chi connectivity index (χ2v) is 10.1. The number of alkyl halides is 3. The van der Waals surface area contributed by atoms with E-state index >= 15 is 0 Å². The average Bonchev–Trinajstić information content (AvgIpc) is 3.64. The van der Waals surface area contributed by atoms with Gasteiger partial charge in [0.15, 0.2) is 5.84 Å². The average molecular weight is 557 g/mol. The number of aromatic nitrogens is 2. The SMILES string of the molecule is [2H]C1=C2NC(c3cnn(CC#CCN4CCN(c5cccc(C(F)(F)F)c5)CC4)c3)N=C2N(CCC)C([2H])N1CCC. The van der Waals surface area contributed by atoms with Crippen LogP contribution in [0.4, 0.5) is 18.9 Å². The molecule has 0 spiro atoms. The molecular formula is C29H37F3N8. The Hall–Kier alpha value is -3.65. The number of halogens is 3. The van der Waals surface area contributed by atoms with Crippen LogP contribution in [-0.4, -0.2) is 82.8 Å². The van der Waals surface area contributed by atoms with Crippen LogP contribution in [0.5, 0.6) is 0 Å². The number of piperazine rings is 1. The van der Waals surface area contributed by atoms with E-state index in [0.29, 0.717) is 62.7 Å². The van der Waals surface area contributed by atoms with Crippen LogP contribution in [0.25, 0.3) is 0 Å². The van der Waals surface area contributed by atoms with Gasteiger partial charge < -0.3 is 20.0 Å². The van der Waals surface area contributed by atoms with Gasteiger partial charge >= 0.3 is 6.18 Å². The molecule has 3 aliphatic rings. The Morgan fingerprint density at radius 1 is 1.10 bits per heavy atom. The van der Waals surface area contributed by atoms with E-state index in [2.05, 4.69) is 34.1 Å². The van der Waals surface area contributed by atoms with Gasteiger partial charge in [0, 0.05) is 62.9 Å². The molecule has 1 fully saturated rings. The highest BCUT2D eigenvalue weighted by atomic mass is 19.4. The number of benzene rings is 1. The Bertz CT molecular complexity index is 1370. The first kappa shape index (κ1) is 25.3. The number of fused-ring (bicyclic) bond motifs is 1. The lowest BCUT2D eigenvalue weighted by molar-refractivity contribution is -0.137. The number of anilines is 1. The lowest BCUT2D eigenvalue weighted by Crippen LogP contribution is -2.46. The first-order chi connectivity index (χ1) is 20.2. The molecule has 40 heavy (non-hydrogen) atoms. The van der Waals surface area contributed by atoms with Crippen LogP contribution in [0.1, 0.15) is 46.7 Å². The second-order valence-electron chi connectivity index (χ2n) is 10.1. The van der Waals surface area contributed by atoms with Gasteiger partial charge in [-0.2, -0.15) is 18.3 Å². The van der Waals surface area contributed by atoms with Gasteiger partial charge in [0.05, 0.1) is 33.4 Å². The van der Waals surface area contributed by atoms with Crippen LogP contribution in [-0.2, 0) is 12.7 Å². The summed E-state index contributed by atoms with van der Waals surface area (Å²) in [6, 6.07) is 5.49. The number of amidine groups is 1. The van der Waals surface area contributed by atoms with E-state index < -0.39 is 18.4 Å². The van der Waals surface area contributed by atoms with Crippen LogP contribution < -0.4 is 10.2 Å². The molecule has 2 aromatic rings. The molecule has 0 saturated carbocycles. The molecule has 0 amide bonds. The van der Waals surface area contributed by atoms with Gasteiger partial charge in [-0.3, -0.25) is 9.58 Å². The Morgan fingerprint density at radius 2 is 1.88 bits per heavy atom. The van der Waals surface area contributed by atoms with Crippen molar-refractivity contribution in [2.75, 3.05) is 57.4 Å². The summed E-state index contributed by atoms with van der Waals surface area (Å²) in [5.41, 5.74) is 1.49. The zero-order valence-corrected chi connectivity index (χ0v) is 23.0. The van der Waals surface area contributed by atoms with Gasteiger partial charge in [-0.25, -0.2) is 4.99 Å². The molecule has 0 radical (unpaired) electrons. The lowest BCUT2D eigenvalue weighted by Gasteiger charge is -2.35. The summed E-state index contributed by atoms with van der Waals surface area (Å²) in [4.78, 5) is 12.8. The van der Waals surface area contributed by atoms with Crippen LogP contribution in [0.3, 0.4) is 0 Å². The van der Waals surface area contributed by atoms with E-state index in [-0.39, 0.29) is 6.17 Å². The normalized spacial score (nSPS) is 22.3. The molecule has 11 heteroatoms. The first-order valence-corrected chi connectivity index (χ1v) is 13.8. The van der Waals surface area contributed by atoms with Crippen molar-refractivity contribution in [3.05, 3.63) is 59.7 Å². The maximum atomic E-state index is 13.1. The number of aliphatic imine (C=N–C) groups is 1. The van der Waals surface area contributed by atoms with Gasteiger partial charge in [0.1, 0.15) is 12.7 Å². The number of nitrogens with zero attached hydrogens (tertiary/aromatic N) is 7. The summed E-state index contributed by atoms with van der Waals surface area (Å²) >= 11 is 0. The van der Waals surface area contributed by atoms with Gasteiger partial charge in [-0.1, -0.05) is 31.8 Å². The Labute approximate surface area is 236 Å². The van der Waals surface area contributed by atoms with E-state index in [0.717, 1.165) is 37.6 Å². The summed E-state index contributed by atoms with van der Waals surface area (Å²) in [5, 5.41) is 7.82. The van der Waals surface area contributed by atoms with Crippen LogP contribution in [0.15, 0.2) is 53.5 Å². The topological polar surface area (TPSA) is 55.2 Å². The molecular weight excluding hydrogens is 517 g/mol. The summed E-state index contributed by atoms with van der Waals surface area (Å²) in [6.45, 7) is 8.52. The van der Waals surface area contributed by atoms with Crippen molar-refractivity contribution in [3.8, 4) is 11.8 Å². The molecule has 1 saturated heterocycles. The molecule has 1 aromatic carbocycles. The van der Waals surface area contributed by atoms with Crippen LogP contribution in [0, 0.1) is 11.8 Å². The van der Waals surface area contributed by atoms with Crippen molar-refractivity contribution in [3.63, 3.8) is 0 Å². The fourth-order valence-corrected chi connectivity index (χ4v) is 4.99. The Kier molecular flexibility index (Phi) is 7.76. The molecule has 1 N–H and O–H groups in total. The van der Waals surface area contributed by atoms with E-state index in [1.807, 2.05) is 22.9 Å². The van der Waals surface area contributed by atoms with Crippen molar-refractivity contribution < 1.29 is 15.9 Å². The number of hydrogen-bond acceptors (Lipinski definition) is 7. The van der Waals surface area contributed by atoms with Gasteiger partial charge in [-0.15, -0.1) is 0 Å². The molecule has 214 valence electrons. The summed E-state index contributed by atoms with van der Waals surface area (Å²) in [6.07, 6.45) is 0.968. The zero-order chi connectivity index (χ0) is 29.9.